The summed E-state index contributed by atoms with van der Waals surface area (Å²) in [6.07, 6.45) is 1.65. The van der Waals surface area contributed by atoms with Crippen molar-refractivity contribution < 1.29 is 24.2 Å². The standard InChI is InChI=1S/C13H24N2O5/c1-19-9-11(20-2)7-14-13(18)15-5-3-4-10(8-15)6-12(16)17/h10-11H,3-9H2,1-2H3,(H,14,18)(H,16,17). The van der Waals surface area contributed by atoms with Crippen LogP contribution in [0.4, 0.5) is 4.79 Å². The fourth-order valence-electron chi connectivity index (χ4n) is 2.37. The van der Waals surface area contributed by atoms with Gasteiger partial charge in [0.1, 0.15) is 0 Å². The summed E-state index contributed by atoms with van der Waals surface area (Å²) in [5.41, 5.74) is 0. The number of likely N-dealkylation sites (tertiary alicyclic amines) is 1. The molecule has 0 aromatic rings. The number of amides is 2. The van der Waals surface area contributed by atoms with Gasteiger partial charge in [-0.1, -0.05) is 0 Å². The van der Waals surface area contributed by atoms with E-state index in [1.807, 2.05) is 0 Å². The molecular weight excluding hydrogens is 264 g/mol. The number of hydrogen-bond donors (Lipinski definition) is 2. The highest BCUT2D eigenvalue weighted by Gasteiger charge is 2.25. The van der Waals surface area contributed by atoms with Gasteiger partial charge in [-0.05, 0) is 18.8 Å². The molecule has 2 unspecified atom stereocenters. The van der Waals surface area contributed by atoms with Crippen LogP contribution in [0, 0.1) is 5.92 Å². The number of carboxylic acids is 1. The molecule has 0 aromatic heterocycles. The van der Waals surface area contributed by atoms with Crippen LogP contribution < -0.4 is 5.32 Å². The molecule has 2 atom stereocenters. The smallest absolute Gasteiger partial charge is 0.317 e. The van der Waals surface area contributed by atoms with Gasteiger partial charge in [0, 0.05) is 40.3 Å². The Morgan fingerprint density at radius 1 is 1.45 bits per heavy atom. The third-order valence-corrected chi connectivity index (χ3v) is 3.44. The van der Waals surface area contributed by atoms with E-state index in [4.69, 9.17) is 14.6 Å². The normalized spacial score (nSPS) is 20.5. The minimum absolute atomic E-state index is 0.0456. The van der Waals surface area contributed by atoms with Crippen LogP contribution in [0.2, 0.25) is 0 Å². The highest BCUT2D eigenvalue weighted by atomic mass is 16.5. The third-order valence-electron chi connectivity index (χ3n) is 3.44. The number of rotatable bonds is 7. The van der Waals surface area contributed by atoms with E-state index in [1.54, 1.807) is 19.1 Å². The van der Waals surface area contributed by atoms with Gasteiger partial charge in [0.05, 0.1) is 12.7 Å². The lowest BCUT2D eigenvalue weighted by molar-refractivity contribution is -0.138. The maximum absolute atomic E-state index is 12.0. The van der Waals surface area contributed by atoms with Gasteiger partial charge >= 0.3 is 12.0 Å². The van der Waals surface area contributed by atoms with Crippen LogP contribution in [0.5, 0.6) is 0 Å². The predicted octanol–water partition coefficient (Wildman–Crippen LogP) is 0.544. The lowest BCUT2D eigenvalue weighted by atomic mass is 9.95. The number of aliphatic carboxylic acids is 1. The summed E-state index contributed by atoms with van der Waals surface area (Å²) in [5.74, 6) is -0.763. The average molecular weight is 288 g/mol. The average Bonchev–Trinajstić information content (AvgIpc) is 2.42. The molecule has 2 N–H and O–H groups in total. The number of methoxy groups -OCH3 is 2. The quantitative estimate of drug-likeness (QED) is 0.714. The molecule has 1 heterocycles. The van der Waals surface area contributed by atoms with Crippen molar-refractivity contribution in [2.45, 2.75) is 25.4 Å². The van der Waals surface area contributed by atoms with Gasteiger partial charge in [0.15, 0.2) is 0 Å². The van der Waals surface area contributed by atoms with Gasteiger partial charge in [-0.3, -0.25) is 4.79 Å². The lowest BCUT2D eigenvalue weighted by Gasteiger charge is -2.32. The molecule has 7 heteroatoms. The number of hydrogen-bond acceptors (Lipinski definition) is 4. The van der Waals surface area contributed by atoms with E-state index < -0.39 is 5.97 Å². The molecule has 1 aliphatic heterocycles. The highest BCUT2D eigenvalue weighted by Crippen LogP contribution is 2.19. The Hall–Kier alpha value is -1.34. The number of carbonyl (C=O) groups excluding carboxylic acids is 1. The molecule has 7 nitrogen and oxygen atoms in total. The van der Waals surface area contributed by atoms with Crippen molar-refractivity contribution in [3.8, 4) is 0 Å². The molecule has 2 amide bonds. The van der Waals surface area contributed by atoms with Gasteiger partial charge in [-0.15, -0.1) is 0 Å². The number of nitrogens with one attached hydrogen (secondary N) is 1. The van der Waals surface area contributed by atoms with Crippen molar-refractivity contribution in [2.24, 2.45) is 5.92 Å². The number of carbonyl (C=O) groups is 2. The number of urea groups is 1. The Kier molecular flexibility index (Phi) is 7.32. The van der Waals surface area contributed by atoms with Crippen LogP contribution in [-0.2, 0) is 14.3 Å². The molecule has 0 aromatic carbocycles. The topological polar surface area (TPSA) is 88.1 Å². The molecule has 1 rings (SSSR count). The summed E-state index contributed by atoms with van der Waals surface area (Å²) in [5, 5.41) is 11.6. The van der Waals surface area contributed by atoms with Crippen molar-refractivity contribution in [1.82, 2.24) is 10.2 Å². The van der Waals surface area contributed by atoms with E-state index in [-0.39, 0.29) is 24.5 Å². The molecule has 0 radical (unpaired) electrons. The van der Waals surface area contributed by atoms with E-state index in [0.717, 1.165) is 12.8 Å². The fraction of sp³-hybridized carbons (Fsp3) is 0.846. The van der Waals surface area contributed by atoms with E-state index in [0.29, 0.717) is 26.2 Å². The van der Waals surface area contributed by atoms with Crippen LogP contribution in [-0.4, -0.2) is 68.6 Å². The second-order valence-corrected chi connectivity index (χ2v) is 5.05. The molecule has 0 bridgehead atoms. The van der Waals surface area contributed by atoms with E-state index in [9.17, 15) is 9.59 Å². The van der Waals surface area contributed by atoms with Gasteiger partial charge in [0.25, 0.3) is 0 Å². The summed E-state index contributed by atoms with van der Waals surface area (Å²) in [6, 6.07) is -0.168. The van der Waals surface area contributed by atoms with Gasteiger partial charge in [-0.25, -0.2) is 4.79 Å². The molecule has 1 aliphatic rings. The van der Waals surface area contributed by atoms with E-state index in [1.165, 1.54) is 0 Å². The molecule has 0 saturated carbocycles. The molecule has 20 heavy (non-hydrogen) atoms. The summed E-state index contributed by atoms with van der Waals surface area (Å²) in [4.78, 5) is 24.4. The molecule has 0 spiro atoms. The predicted molar refractivity (Wildman–Crippen MR) is 72.6 cm³/mol. The van der Waals surface area contributed by atoms with Gasteiger partial charge in [0.2, 0.25) is 0 Å². The zero-order chi connectivity index (χ0) is 15.0. The van der Waals surface area contributed by atoms with Crippen LogP contribution in [0.15, 0.2) is 0 Å². The van der Waals surface area contributed by atoms with Crippen molar-refractivity contribution in [1.29, 1.82) is 0 Å². The number of piperidine rings is 1. The monoisotopic (exact) mass is 288 g/mol. The Balaban J connectivity index is 2.36. The van der Waals surface area contributed by atoms with Crippen LogP contribution in [0.1, 0.15) is 19.3 Å². The van der Waals surface area contributed by atoms with Crippen LogP contribution in [0.3, 0.4) is 0 Å². The summed E-state index contributed by atoms with van der Waals surface area (Å²) >= 11 is 0. The second kappa shape index (κ2) is 8.76. The zero-order valence-electron chi connectivity index (χ0n) is 12.1. The van der Waals surface area contributed by atoms with Gasteiger partial charge in [-0.2, -0.15) is 0 Å². The fourth-order valence-corrected chi connectivity index (χ4v) is 2.37. The van der Waals surface area contributed by atoms with Crippen molar-refractivity contribution in [2.75, 3.05) is 40.5 Å². The van der Waals surface area contributed by atoms with Gasteiger partial charge < -0.3 is 24.8 Å². The van der Waals surface area contributed by atoms with Crippen molar-refractivity contribution in [3.05, 3.63) is 0 Å². The second-order valence-electron chi connectivity index (χ2n) is 5.05. The number of carboxylic acid groups (broad SMARTS) is 1. The third kappa shape index (κ3) is 5.75. The molecule has 116 valence electrons. The molecule has 0 aliphatic carbocycles. The SMILES string of the molecule is COCC(CNC(=O)N1CCCC(CC(=O)O)C1)OC. The first-order chi connectivity index (χ1) is 9.56. The first-order valence-corrected chi connectivity index (χ1v) is 6.83. The van der Waals surface area contributed by atoms with E-state index >= 15 is 0 Å². The highest BCUT2D eigenvalue weighted by molar-refractivity contribution is 5.74. The largest absolute Gasteiger partial charge is 0.481 e. The molecule has 1 fully saturated rings. The lowest BCUT2D eigenvalue weighted by Crippen LogP contribution is -2.48. The van der Waals surface area contributed by atoms with Crippen molar-refractivity contribution >= 4 is 12.0 Å². The minimum atomic E-state index is -0.809. The Morgan fingerprint density at radius 3 is 2.80 bits per heavy atom. The molecular formula is C13H24N2O5. The maximum Gasteiger partial charge on any atom is 0.317 e. The first kappa shape index (κ1) is 16.7. The summed E-state index contributed by atoms with van der Waals surface area (Å²) < 4.78 is 10.1. The van der Waals surface area contributed by atoms with Crippen molar-refractivity contribution in [3.63, 3.8) is 0 Å². The summed E-state index contributed by atoms with van der Waals surface area (Å²) in [7, 11) is 3.15. The maximum atomic E-state index is 12.0. The first-order valence-electron chi connectivity index (χ1n) is 6.83. The minimum Gasteiger partial charge on any atom is -0.481 e. The van der Waals surface area contributed by atoms with Crippen LogP contribution >= 0.6 is 0 Å². The van der Waals surface area contributed by atoms with Crippen LogP contribution in [0.25, 0.3) is 0 Å². The van der Waals surface area contributed by atoms with E-state index in [2.05, 4.69) is 5.32 Å². The Bertz CT molecular complexity index is 324. The molecule has 1 saturated heterocycles. The zero-order valence-corrected chi connectivity index (χ0v) is 12.1. The number of ether oxygens (including phenoxy) is 2. The number of nitrogens with zero attached hydrogens (tertiary/aromatic N) is 1. The Labute approximate surface area is 119 Å². The summed E-state index contributed by atoms with van der Waals surface area (Å²) in [6.45, 7) is 1.96. The Morgan fingerprint density at radius 2 is 2.20 bits per heavy atom.